The predicted octanol–water partition coefficient (Wildman–Crippen LogP) is 3.19. The van der Waals surface area contributed by atoms with Crippen LogP contribution in [0.3, 0.4) is 0 Å². The molecule has 3 rings (SSSR count). The molecule has 1 aliphatic heterocycles. The van der Waals surface area contributed by atoms with Crippen LogP contribution in [-0.4, -0.2) is 50.7 Å². The molecule has 6 nitrogen and oxygen atoms in total. The topological polar surface area (TPSA) is 63.4 Å². The quantitative estimate of drug-likeness (QED) is 0.593. The number of hydrogen-bond donors (Lipinski definition) is 1. The lowest BCUT2D eigenvalue weighted by atomic mass is 9.96. The van der Waals surface area contributed by atoms with Crippen molar-refractivity contribution in [1.82, 2.24) is 19.7 Å². The number of rotatable bonds is 7. The van der Waals surface area contributed by atoms with Gasteiger partial charge in [0.25, 0.3) is 0 Å². The zero-order valence-corrected chi connectivity index (χ0v) is 16.2. The highest BCUT2D eigenvalue weighted by Crippen LogP contribution is 2.30. The first-order chi connectivity index (χ1) is 12.6. The minimum atomic E-state index is 0.285. The first-order valence-electron chi connectivity index (χ1n) is 8.83. The van der Waals surface area contributed by atoms with Crippen molar-refractivity contribution >= 4 is 11.8 Å². The summed E-state index contributed by atoms with van der Waals surface area (Å²) >= 11 is 1.65. The van der Waals surface area contributed by atoms with Crippen LogP contribution in [0.5, 0.6) is 11.5 Å². The maximum absolute atomic E-state index is 10.2. The van der Waals surface area contributed by atoms with Gasteiger partial charge in [0.2, 0.25) is 0 Å². The minimum Gasteiger partial charge on any atom is -0.507 e. The summed E-state index contributed by atoms with van der Waals surface area (Å²) < 4.78 is 7.26. The van der Waals surface area contributed by atoms with Gasteiger partial charge in [0.15, 0.2) is 5.16 Å². The number of piperidine rings is 1. The standard InChI is InChI=1S/C19H26N4O2S/c1-4-10-26-19-21-20-18(22(19)2)15-6-5-9-23(13-15)12-14-7-8-16(25-3)11-17(14)24/h4,7-8,11,15,24H,1,5-6,9-10,12-13H2,2-3H3. The van der Waals surface area contributed by atoms with E-state index in [1.165, 1.54) is 0 Å². The van der Waals surface area contributed by atoms with Gasteiger partial charge in [-0.15, -0.1) is 16.8 Å². The van der Waals surface area contributed by atoms with Crippen LogP contribution in [0.1, 0.15) is 30.1 Å². The number of aromatic nitrogens is 3. The summed E-state index contributed by atoms with van der Waals surface area (Å²) in [5, 5.41) is 19.9. The molecule has 1 aliphatic rings. The van der Waals surface area contributed by atoms with E-state index in [-0.39, 0.29) is 5.75 Å². The number of phenols is 1. The van der Waals surface area contributed by atoms with Crippen LogP contribution in [-0.2, 0) is 13.6 Å². The molecule has 1 saturated heterocycles. The molecule has 1 unspecified atom stereocenters. The Bertz CT molecular complexity index is 762. The predicted molar refractivity (Wildman–Crippen MR) is 104 cm³/mol. The van der Waals surface area contributed by atoms with Crippen molar-refractivity contribution in [3.8, 4) is 11.5 Å². The van der Waals surface area contributed by atoms with E-state index >= 15 is 0 Å². The Labute approximate surface area is 158 Å². The maximum atomic E-state index is 10.2. The lowest BCUT2D eigenvalue weighted by Gasteiger charge is -2.32. The molecule has 7 heteroatoms. The molecule has 26 heavy (non-hydrogen) atoms. The van der Waals surface area contributed by atoms with E-state index in [4.69, 9.17) is 4.74 Å². The number of likely N-dealkylation sites (tertiary alicyclic amines) is 1. The summed E-state index contributed by atoms with van der Waals surface area (Å²) in [6, 6.07) is 5.49. The molecule has 0 radical (unpaired) electrons. The second-order valence-corrected chi connectivity index (χ2v) is 7.56. The van der Waals surface area contributed by atoms with E-state index in [0.717, 1.165) is 54.8 Å². The monoisotopic (exact) mass is 374 g/mol. The molecule has 1 atom stereocenters. The molecule has 0 amide bonds. The molecule has 0 saturated carbocycles. The highest BCUT2D eigenvalue weighted by molar-refractivity contribution is 7.99. The van der Waals surface area contributed by atoms with Crippen molar-refractivity contribution in [2.24, 2.45) is 7.05 Å². The highest BCUT2D eigenvalue weighted by atomic mass is 32.2. The van der Waals surface area contributed by atoms with Gasteiger partial charge in [-0.3, -0.25) is 4.90 Å². The van der Waals surface area contributed by atoms with Gasteiger partial charge in [-0.05, 0) is 25.5 Å². The molecule has 0 aliphatic carbocycles. The molecular weight excluding hydrogens is 348 g/mol. The van der Waals surface area contributed by atoms with Crippen molar-refractivity contribution in [1.29, 1.82) is 0 Å². The highest BCUT2D eigenvalue weighted by Gasteiger charge is 2.26. The van der Waals surface area contributed by atoms with Gasteiger partial charge in [0.05, 0.1) is 7.11 Å². The van der Waals surface area contributed by atoms with Crippen LogP contribution in [0, 0.1) is 0 Å². The van der Waals surface area contributed by atoms with Crippen molar-refractivity contribution in [2.45, 2.75) is 30.5 Å². The van der Waals surface area contributed by atoms with Gasteiger partial charge in [-0.1, -0.05) is 23.9 Å². The maximum Gasteiger partial charge on any atom is 0.191 e. The average Bonchev–Trinajstić information content (AvgIpc) is 3.02. The summed E-state index contributed by atoms with van der Waals surface area (Å²) in [6.07, 6.45) is 4.11. The lowest BCUT2D eigenvalue weighted by molar-refractivity contribution is 0.193. The van der Waals surface area contributed by atoms with Gasteiger partial charge >= 0.3 is 0 Å². The average molecular weight is 375 g/mol. The van der Waals surface area contributed by atoms with Crippen molar-refractivity contribution < 1.29 is 9.84 Å². The summed E-state index contributed by atoms with van der Waals surface area (Å²) in [6.45, 7) is 6.43. The lowest BCUT2D eigenvalue weighted by Crippen LogP contribution is -2.34. The summed E-state index contributed by atoms with van der Waals surface area (Å²) in [5.41, 5.74) is 0.923. The number of aromatic hydroxyl groups is 1. The Hall–Kier alpha value is -1.99. The zero-order chi connectivity index (χ0) is 18.5. The third-order valence-electron chi connectivity index (χ3n) is 4.76. The minimum absolute atomic E-state index is 0.285. The Balaban J connectivity index is 1.68. The number of nitrogens with zero attached hydrogens (tertiary/aromatic N) is 4. The van der Waals surface area contributed by atoms with Gasteiger partial charge in [0, 0.05) is 43.4 Å². The fraction of sp³-hybridized carbons (Fsp3) is 0.474. The Kier molecular flexibility index (Phi) is 6.21. The molecule has 2 aromatic rings. The third-order valence-corrected chi connectivity index (χ3v) is 5.77. The molecule has 1 N–H and O–H groups in total. The van der Waals surface area contributed by atoms with E-state index in [1.54, 1.807) is 24.9 Å². The number of phenolic OH excluding ortho intramolecular Hbond substituents is 1. The van der Waals surface area contributed by atoms with Crippen LogP contribution in [0.15, 0.2) is 36.0 Å². The van der Waals surface area contributed by atoms with Gasteiger partial charge in [-0.25, -0.2) is 0 Å². The summed E-state index contributed by atoms with van der Waals surface area (Å²) in [7, 11) is 3.64. The fourth-order valence-electron chi connectivity index (χ4n) is 3.40. The van der Waals surface area contributed by atoms with Crippen LogP contribution < -0.4 is 4.74 Å². The second kappa shape index (κ2) is 8.60. The molecule has 1 aromatic heterocycles. The largest absolute Gasteiger partial charge is 0.507 e. The van der Waals surface area contributed by atoms with Gasteiger partial charge in [-0.2, -0.15) is 0 Å². The van der Waals surface area contributed by atoms with E-state index in [0.29, 0.717) is 11.7 Å². The van der Waals surface area contributed by atoms with Crippen molar-refractivity contribution in [2.75, 3.05) is 26.0 Å². The van der Waals surface area contributed by atoms with Crippen molar-refractivity contribution in [3.05, 3.63) is 42.2 Å². The van der Waals surface area contributed by atoms with Gasteiger partial charge in [0.1, 0.15) is 17.3 Å². The first-order valence-corrected chi connectivity index (χ1v) is 9.82. The first kappa shape index (κ1) is 18.8. The molecular formula is C19H26N4O2S. The van der Waals surface area contributed by atoms with E-state index in [9.17, 15) is 5.11 Å². The smallest absolute Gasteiger partial charge is 0.191 e. The van der Waals surface area contributed by atoms with Crippen LogP contribution >= 0.6 is 11.8 Å². The Morgan fingerprint density at radius 3 is 3.00 bits per heavy atom. The normalized spacial score (nSPS) is 18.0. The SMILES string of the molecule is C=CCSc1nnc(C2CCCN(Cc3ccc(OC)cc3O)C2)n1C. The Morgan fingerprint density at radius 2 is 2.27 bits per heavy atom. The second-order valence-electron chi connectivity index (χ2n) is 6.57. The van der Waals surface area contributed by atoms with Crippen LogP contribution in [0.2, 0.25) is 0 Å². The summed E-state index contributed by atoms with van der Waals surface area (Å²) in [4.78, 5) is 2.38. The number of benzene rings is 1. The number of methoxy groups -OCH3 is 1. The molecule has 0 spiro atoms. The molecule has 1 aromatic carbocycles. The number of thioether (sulfide) groups is 1. The van der Waals surface area contributed by atoms with Crippen LogP contribution in [0.25, 0.3) is 0 Å². The number of ether oxygens (including phenoxy) is 1. The molecule has 2 heterocycles. The van der Waals surface area contributed by atoms with E-state index in [1.807, 2.05) is 25.3 Å². The fourth-order valence-corrected chi connectivity index (χ4v) is 4.05. The Morgan fingerprint density at radius 1 is 1.42 bits per heavy atom. The third kappa shape index (κ3) is 4.22. The molecule has 0 bridgehead atoms. The van der Waals surface area contributed by atoms with Crippen LogP contribution in [0.4, 0.5) is 0 Å². The van der Waals surface area contributed by atoms with Crippen molar-refractivity contribution in [3.63, 3.8) is 0 Å². The van der Waals surface area contributed by atoms with E-state index in [2.05, 4.69) is 26.2 Å². The zero-order valence-electron chi connectivity index (χ0n) is 15.4. The van der Waals surface area contributed by atoms with Gasteiger partial charge < -0.3 is 14.4 Å². The number of hydrogen-bond acceptors (Lipinski definition) is 6. The molecule has 1 fully saturated rings. The van der Waals surface area contributed by atoms with E-state index < -0.39 is 0 Å². The summed E-state index contributed by atoms with van der Waals surface area (Å²) in [5.74, 6) is 3.19. The molecule has 140 valence electrons.